The van der Waals surface area contributed by atoms with Gasteiger partial charge in [0.1, 0.15) is 5.75 Å². The summed E-state index contributed by atoms with van der Waals surface area (Å²) in [6, 6.07) is 14.1. The van der Waals surface area contributed by atoms with Crippen LogP contribution in [-0.4, -0.2) is 22.8 Å². The molecular weight excluding hydrogens is 418 g/mol. The highest BCUT2D eigenvalue weighted by Gasteiger charge is 2.42. The minimum Gasteiger partial charge on any atom is -0.497 e. The Labute approximate surface area is 174 Å². The first kappa shape index (κ1) is 20.5. The van der Waals surface area contributed by atoms with Gasteiger partial charge < -0.3 is 14.4 Å². The third kappa shape index (κ3) is 3.32. The van der Waals surface area contributed by atoms with E-state index < -0.39 is 11.4 Å². The molecule has 0 saturated carbocycles. The van der Waals surface area contributed by atoms with Gasteiger partial charge in [0.2, 0.25) is 0 Å². The molecule has 0 saturated heterocycles. The molecule has 1 N–H and O–H groups in total. The molecule has 0 spiro atoms. The molecular formula is C23H26BrNO3. The van der Waals surface area contributed by atoms with Crippen LogP contribution in [0.1, 0.15) is 37.6 Å². The summed E-state index contributed by atoms with van der Waals surface area (Å²) in [5.41, 5.74) is 3.02. The first-order chi connectivity index (χ1) is 13.2. The van der Waals surface area contributed by atoms with Crippen LogP contribution in [-0.2, 0) is 16.8 Å². The van der Waals surface area contributed by atoms with Gasteiger partial charge in [0, 0.05) is 27.6 Å². The van der Waals surface area contributed by atoms with Crippen molar-refractivity contribution in [1.29, 1.82) is 0 Å². The Morgan fingerprint density at radius 1 is 1.21 bits per heavy atom. The van der Waals surface area contributed by atoms with E-state index >= 15 is 0 Å². The van der Waals surface area contributed by atoms with Crippen molar-refractivity contribution in [2.45, 2.75) is 39.7 Å². The van der Waals surface area contributed by atoms with Crippen LogP contribution in [0.2, 0.25) is 0 Å². The van der Waals surface area contributed by atoms with Gasteiger partial charge in [0.15, 0.2) is 0 Å². The zero-order valence-corrected chi connectivity index (χ0v) is 18.5. The van der Waals surface area contributed by atoms with Crippen LogP contribution in [0.15, 0.2) is 46.9 Å². The quantitative estimate of drug-likeness (QED) is 0.526. The number of carbonyl (C=O) groups is 1. The van der Waals surface area contributed by atoms with Gasteiger partial charge in [-0.15, -0.1) is 0 Å². The summed E-state index contributed by atoms with van der Waals surface area (Å²) in [5.74, 6) is -0.149. The molecule has 1 heterocycles. The Morgan fingerprint density at radius 2 is 1.86 bits per heavy atom. The number of halogens is 1. The largest absolute Gasteiger partial charge is 0.497 e. The Morgan fingerprint density at radius 3 is 2.39 bits per heavy atom. The molecule has 0 amide bonds. The van der Waals surface area contributed by atoms with E-state index in [0.717, 1.165) is 37.9 Å². The molecule has 0 aliphatic carbocycles. The van der Waals surface area contributed by atoms with Crippen molar-refractivity contribution in [3.8, 4) is 5.75 Å². The molecule has 28 heavy (non-hydrogen) atoms. The van der Waals surface area contributed by atoms with E-state index in [-0.39, 0.29) is 5.92 Å². The average molecular weight is 444 g/mol. The van der Waals surface area contributed by atoms with E-state index in [2.05, 4.69) is 32.6 Å². The predicted octanol–water partition coefficient (Wildman–Crippen LogP) is 5.77. The van der Waals surface area contributed by atoms with Gasteiger partial charge in [-0.1, -0.05) is 41.9 Å². The maximum atomic E-state index is 12.4. The van der Waals surface area contributed by atoms with Crippen molar-refractivity contribution >= 4 is 32.8 Å². The Hall–Kier alpha value is -2.27. The number of hydrogen-bond donors (Lipinski definition) is 1. The van der Waals surface area contributed by atoms with Crippen LogP contribution in [0.3, 0.4) is 0 Å². The van der Waals surface area contributed by atoms with Crippen LogP contribution in [0.5, 0.6) is 5.75 Å². The van der Waals surface area contributed by atoms with E-state index in [1.807, 2.05) is 58.0 Å². The second-order valence-corrected chi connectivity index (χ2v) is 8.63. The lowest BCUT2D eigenvalue weighted by Gasteiger charge is -2.30. The third-order valence-electron chi connectivity index (χ3n) is 5.90. The van der Waals surface area contributed by atoms with E-state index in [9.17, 15) is 9.90 Å². The maximum absolute atomic E-state index is 12.4. The molecule has 1 aromatic heterocycles. The van der Waals surface area contributed by atoms with Crippen molar-refractivity contribution < 1.29 is 14.6 Å². The normalized spacial score (nSPS) is 13.7. The predicted molar refractivity (Wildman–Crippen MR) is 116 cm³/mol. The zero-order valence-electron chi connectivity index (χ0n) is 16.9. The molecule has 0 aliphatic heterocycles. The van der Waals surface area contributed by atoms with Gasteiger partial charge in [0.25, 0.3) is 0 Å². The van der Waals surface area contributed by atoms with E-state index in [1.54, 1.807) is 7.11 Å². The molecule has 0 radical (unpaired) electrons. The molecule has 3 rings (SSSR count). The lowest BCUT2D eigenvalue weighted by Crippen LogP contribution is -2.38. The number of aliphatic carboxylic acids is 1. The minimum atomic E-state index is -1.00. The summed E-state index contributed by atoms with van der Waals surface area (Å²) in [7, 11) is 1.63. The molecule has 0 aliphatic rings. The molecule has 0 bridgehead atoms. The summed E-state index contributed by atoms with van der Waals surface area (Å²) < 4.78 is 8.67. The van der Waals surface area contributed by atoms with Gasteiger partial charge >= 0.3 is 5.97 Å². The standard InChI is InChI=1S/C23H26BrNO3/c1-14(2)23(4,22(26)27)21-15(3)25(13-16-6-8-17(24)9-7-16)20-11-10-18(28-5)12-19(20)21/h6-12,14H,13H2,1-5H3,(H,26,27). The lowest BCUT2D eigenvalue weighted by molar-refractivity contribution is -0.144. The van der Waals surface area contributed by atoms with Crippen molar-refractivity contribution in [3.63, 3.8) is 0 Å². The Kier molecular flexibility index (Phi) is 5.57. The monoisotopic (exact) mass is 443 g/mol. The van der Waals surface area contributed by atoms with Gasteiger partial charge in [0.05, 0.1) is 12.5 Å². The number of benzene rings is 2. The van der Waals surface area contributed by atoms with Gasteiger partial charge in [-0.2, -0.15) is 0 Å². The molecule has 3 aromatic rings. The van der Waals surface area contributed by atoms with Gasteiger partial charge in [-0.3, -0.25) is 4.79 Å². The number of carboxylic acid groups (broad SMARTS) is 1. The highest BCUT2D eigenvalue weighted by molar-refractivity contribution is 9.10. The van der Waals surface area contributed by atoms with E-state index in [4.69, 9.17) is 4.74 Å². The van der Waals surface area contributed by atoms with Crippen LogP contribution in [0, 0.1) is 12.8 Å². The van der Waals surface area contributed by atoms with Crippen molar-refractivity contribution in [2.24, 2.45) is 5.92 Å². The highest BCUT2D eigenvalue weighted by atomic mass is 79.9. The Balaban J connectivity index is 2.30. The SMILES string of the molecule is COc1ccc2c(c1)c(C(C)(C(=O)O)C(C)C)c(C)n2Cc1ccc(Br)cc1. The summed E-state index contributed by atoms with van der Waals surface area (Å²) in [6.07, 6.45) is 0. The number of hydrogen-bond acceptors (Lipinski definition) is 2. The number of nitrogens with zero attached hydrogens (tertiary/aromatic N) is 1. The van der Waals surface area contributed by atoms with Crippen molar-refractivity contribution in [2.75, 3.05) is 7.11 Å². The molecule has 5 heteroatoms. The minimum absolute atomic E-state index is 0.0679. The first-order valence-corrected chi connectivity index (χ1v) is 10.1. The third-order valence-corrected chi connectivity index (χ3v) is 6.43. The van der Waals surface area contributed by atoms with Crippen LogP contribution in [0.25, 0.3) is 10.9 Å². The maximum Gasteiger partial charge on any atom is 0.314 e. The highest BCUT2D eigenvalue weighted by Crippen LogP contribution is 2.42. The Bertz CT molecular complexity index is 1020. The smallest absolute Gasteiger partial charge is 0.314 e. The average Bonchev–Trinajstić information content (AvgIpc) is 2.93. The van der Waals surface area contributed by atoms with Crippen LogP contribution in [0.4, 0.5) is 0 Å². The number of carboxylic acids is 1. The van der Waals surface area contributed by atoms with Gasteiger partial charge in [-0.05, 0) is 61.2 Å². The molecule has 2 aromatic carbocycles. The summed E-state index contributed by atoms with van der Waals surface area (Å²) in [6.45, 7) is 8.45. The second-order valence-electron chi connectivity index (χ2n) is 7.72. The van der Waals surface area contributed by atoms with Crippen molar-refractivity contribution in [1.82, 2.24) is 4.57 Å². The van der Waals surface area contributed by atoms with Gasteiger partial charge in [-0.25, -0.2) is 0 Å². The number of ether oxygens (including phenoxy) is 1. The summed E-state index contributed by atoms with van der Waals surface area (Å²) in [5, 5.41) is 11.1. The first-order valence-electron chi connectivity index (χ1n) is 9.35. The molecule has 148 valence electrons. The van der Waals surface area contributed by atoms with Crippen molar-refractivity contribution in [3.05, 3.63) is 63.8 Å². The molecule has 0 fully saturated rings. The fourth-order valence-corrected chi connectivity index (χ4v) is 4.13. The summed E-state index contributed by atoms with van der Waals surface area (Å²) >= 11 is 3.48. The fourth-order valence-electron chi connectivity index (χ4n) is 3.86. The van der Waals surface area contributed by atoms with E-state index in [1.165, 1.54) is 0 Å². The number of rotatable bonds is 6. The number of aromatic nitrogens is 1. The fraction of sp³-hybridized carbons (Fsp3) is 0.348. The van der Waals surface area contributed by atoms with E-state index in [0.29, 0.717) is 6.54 Å². The topological polar surface area (TPSA) is 51.5 Å². The number of fused-ring (bicyclic) bond motifs is 1. The zero-order chi connectivity index (χ0) is 20.6. The molecule has 1 atom stereocenters. The number of methoxy groups -OCH3 is 1. The molecule has 4 nitrogen and oxygen atoms in total. The lowest BCUT2D eigenvalue weighted by atomic mass is 9.72. The van der Waals surface area contributed by atoms with Crippen LogP contribution >= 0.6 is 15.9 Å². The second kappa shape index (κ2) is 7.63. The summed E-state index contributed by atoms with van der Waals surface area (Å²) in [4.78, 5) is 12.4. The van der Waals surface area contributed by atoms with Crippen LogP contribution < -0.4 is 4.74 Å². The molecule has 1 unspecified atom stereocenters.